The Hall–Kier alpha value is -4.48. The fourth-order valence-corrected chi connectivity index (χ4v) is 3.80. The molecule has 37 heavy (non-hydrogen) atoms. The molecule has 2 aromatic carbocycles. The molecule has 0 atom stereocenters. The first-order valence-corrected chi connectivity index (χ1v) is 11.9. The molecule has 0 saturated carbocycles. The molecule has 0 bridgehead atoms. The van der Waals surface area contributed by atoms with Crippen LogP contribution < -0.4 is 10.1 Å². The fourth-order valence-electron chi connectivity index (χ4n) is 3.80. The minimum atomic E-state index is -0.686. The normalized spacial score (nSPS) is 11.1. The Kier molecular flexibility index (Phi) is 7.66. The van der Waals surface area contributed by atoms with Crippen LogP contribution in [0, 0.1) is 18.3 Å². The van der Waals surface area contributed by atoms with Gasteiger partial charge in [0.2, 0.25) is 0 Å². The van der Waals surface area contributed by atoms with E-state index in [4.69, 9.17) is 9.47 Å². The minimum absolute atomic E-state index is 0.250. The largest absolute Gasteiger partial charge is 0.490 e. The van der Waals surface area contributed by atoms with Crippen LogP contribution in [0.15, 0.2) is 73.3 Å². The van der Waals surface area contributed by atoms with Crippen molar-refractivity contribution in [2.75, 3.05) is 25.6 Å². The van der Waals surface area contributed by atoms with E-state index in [0.29, 0.717) is 30.2 Å². The van der Waals surface area contributed by atoms with Gasteiger partial charge >= 0.3 is 0 Å². The van der Waals surface area contributed by atoms with Crippen LogP contribution in [0.2, 0.25) is 0 Å². The zero-order valence-corrected chi connectivity index (χ0v) is 21.4. The van der Waals surface area contributed by atoms with Crippen molar-refractivity contribution >= 4 is 11.6 Å². The molecule has 0 aliphatic heterocycles. The number of nitrogens with one attached hydrogen (secondary N) is 1. The predicted octanol–water partition coefficient (Wildman–Crippen LogP) is 5.32. The number of hydrogen-bond donors (Lipinski definition) is 1. The van der Waals surface area contributed by atoms with Crippen LogP contribution in [-0.2, 0) is 10.2 Å². The molecule has 0 spiro atoms. The minimum Gasteiger partial charge on any atom is -0.490 e. The van der Waals surface area contributed by atoms with Crippen LogP contribution in [0.4, 0.5) is 5.69 Å². The zero-order chi connectivity index (χ0) is 26.4. The number of amides is 1. The summed E-state index contributed by atoms with van der Waals surface area (Å²) in [5.41, 5.74) is 4.73. The lowest BCUT2D eigenvalue weighted by Crippen LogP contribution is -2.17. The number of aryl methyl sites for hydroxylation is 1. The van der Waals surface area contributed by atoms with Gasteiger partial charge in [-0.2, -0.15) is 10.4 Å². The molecule has 4 rings (SSSR count). The first-order chi connectivity index (χ1) is 17.8. The van der Waals surface area contributed by atoms with E-state index in [9.17, 15) is 10.1 Å². The second-order valence-electron chi connectivity index (χ2n) is 9.16. The Labute approximate surface area is 216 Å². The molecule has 0 unspecified atom stereocenters. The average molecular weight is 496 g/mol. The Balaban J connectivity index is 1.57. The molecule has 1 N–H and O–H groups in total. The van der Waals surface area contributed by atoms with Crippen molar-refractivity contribution in [2.45, 2.75) is 26.2 Å². The first kappa shape index (κ1) is 25.6. The third kappa shape index (κ3) is 5.85. The predicted molar refractivity (Wildman–Crippen MR) is 142 cm³/mol. The molecule has 4 aromatic rings. The summed E-state index contributed by atoms with van der Waals surface area (Å²) >= 11 is 0. The number of carbonyl (C=O) groups excluding carboxylic acids is 1. The van der Waals surface area contributed by atoms with Crippen molar-refractivity contribution in [3.63, 3.8) is 0 Å². The van der Waals surface area contributed by atoms with Gasteiger partial charge in [-0.1, -0.05) is 18.2 Å². The molecule has 0 saturated heterocycles. The number of nitriles is 1. The summed E-state index contributed by atoms with van der Waals surface area (Å²) in [6, 6.07) is 16.9. The number of benzene rings is 2. The van der Waals surface area contributed by atoms with Crippen LogP contribution in [0.3, 0.4) is 0 Å². The molecule has 2 aromatic heterocycles. The summed E-state index contributed by atoms with van der Waals surface area (Å²) in [6.45, 7) is 6.56. The molecule has 1 amide bonds. The maximum atomic E-state index is 13.0. The maximum absolute atomic E-state index is 13.0. The lowest BCUT2D eigenvalue weighted by Gasteiger charge is -2.16. The quantitative estimate of drug-likeness (QED) is 0.315. The summed E-state index contributed by atoms with van der Waals surface area (Å²) < 4.78 is 12.7. The van der Waals surface area contributed by atoms with Crippen LogP contribution in [0.1, 0.15) is 35.3 Å². The van der Waals surface area contributed by atoms with Gasteiger partial charge in [0.15, 0.2) is 0 Å². The van der Waals surface area contributed by atoms with E-state index < -0.39 is 5.41 Å². The number of pyridine rings is 1. The molecule has 0 fully saturated rings. The van der Waals surface area contributed by atoms with E-state index >= 15 is 0 Å². The number of ether oxygens (including phenoxy) is 2. The topological polar surface area (TPSA) is 102 Å². The highest BCUT2D eigenvalue weighted by Crippen LogP contribution is 2.30. The van der Waals surface area contributed by atoms with Crippen LogP contribution in [-0.4, -0.2) is 41.0 Å². The van der Waals surface area contributed by atoms with Crippen LogP contribution in [0.25, 0.3) is 16.8 Å². The van der Waals surface area contributed by atoms with Crippen molar-refractivity contribution in [1.82, 2.24) is 14.8 Å². The van der Waals surface area contributed by atoms with Gasteiger partial charge in [-0.15, -0.1) is 0 Å². The molecule has 0 aliphatic carbocycles. The SMILES string of the molecule is COCCOc1ccncc1-c1cnn(-c2cc(NC(=O)c3cccc(C(C)(C)C#N)c3)ccc2C)c1. The van der Waals surface area contributed by atoms with E-state index in [1.165, 1.54) is 0 Å². The molecular formula is C29H29N5O3. The number of nitrogens with zero attached hydrogens (tertiary/aromatic N) is 4. The van der Waals surface area contributed by atoms with Crippen LogP contribution >= 0.6 is 0 Å². The molecule has 8 heteroatoms. The van der Waals surface area contributed by atoms with Gasteiger partial charge in [0.05, 0.1) is 30.0 Å². The third-order valence-corrected chi connectivity index (χ3v) is 6.06. The van der Waals surface area contributed by atoms with Gasteiger partial charge in [0.1, 0.15) is 12.4 Å². The standard InChI is InChI=1S/C29H29N5O3/c1-20-8-9-24(33-28(35)21-6-5-7-23(14-21)29(2,3)19-30)15-26(20)34-18-22(16-32-34)25-17-31-11-10-27(25)37-13-12-36-4/h5-11,14-18H,12-13H2,1-4H3,(H,33,35). The van der Waals surface area contributed by atoms with E-state index in [2.05, 4.69) is 21.5 Å². The van der Waals surface area contributed by atoms with E-state index in [0.717, 1.165) is 27.9 Å². The van der Waals surface area contributed by atoms with Gasteiger partial charge < -0.3 is 14.8 Å². The number of hydrogen-bond acceptors (Lipinski definition) is 6. The monoisotopic (exact) mass is 495 g/mol. The maximum Gasteiger partial charge on any atom is 0.255 e. The Morgan fingerprint density at radius 1 is 1.14 bits per heavy atom. The smallest absolute Gasteiger partial charge is 0.255 e. The highest BCUT2D eigenvalue weighted by molar-refractivity contribution is 6.04. The average Bonchev–Trinajstić information content (AvgIpc) is 3.40. The Bertz CT molecular complexity index is 1450. The Morgan fingerprint density at radius 3 is 2.76 bits per heavy atom. The highest BCUT2D eigenvalue weighted by atomic mass is 16.5. The van der Waals surface area contributed by atoms with E-state index in [1.54, 1.807) is 48.6 Å². The second-order valence-corrected chi connectivity index (χ2v) is 9.16. The zero-order valence-electron chi connectivity index (χ0n) is 21.4. The number of anilines is 1. The molecule has 188 valence electrons. The summed E-state index contributed by atoms with van der Waals surface area (Å²) in [5, 5.41) is 17.0. The number of carbonyl (C=O) groups is 1. The summed E-state index contributed by atoms with van der Waals surface area (Å²) in [7, 11) is 1.63. The van der Waals surface area contributed by atoms with Gasteiger partial charge in [-0.05, 0) is 62.2 Å². The summed E-state index contributed by atoms with van der Waals surface area (Å²) in [4.78, 5) is 17.2. The van der Waals surface area contributed by atoms with Crippen molar-refractivity contribution < 1.29 is 14.3 Å². The number of aromatic nitrogens is 3. The van der Waals surface area contributed by atoms with Crippen molar-refractivity contribution in [1.29, 1.82) is 5.26 Å². The van der Waals surface area contributed by atoms with Gasteiger partial charge in [0, 0.05) is 48.1 Å². The van der Waals surface area contributed by atoms with E-state index in [1.807, 2.05) is 57.3 Å². The molecule has 8 nitrogen and oxygen atoms in total. The molecule has 2 heterocycles. The third-order valence-electron chi connectivity index (χ3n) is 6.06. The fraction of sp³-hybridized carbons (Fsp3) is 0.241. The van der Waals surface area contributed by atoms with Crippen molar-refractivity contribution in [3.05, 3.63) is 90.0 Å². The lowest BCUT2D eigenvalue weighted by molar-refractivity contribution is 0.102. The first-order valence-electron chi connectivity index (χ1n) is 11.9. The summed E-state index contributed by atoms with van der Waals surface area (Å²) in [6.07, 6.45) is 7.09. The molecular weight excluding hydrogens is 466 g/mol. The number of rotatable bonds is 9. The number of methoxy groups -OCH3 is 1. The molecule has 0 radical (unpaired) electrons. The Morgan fingerprint density at radius 2 is 1.97 bits per heavy atom. The lowest BCUT2D eigenvalue weighted by atomic mass is 9.85. The second kappa shape index (κ2) is 11.1. The van der Waals surface area contributed by atoms with Gasteiger partial charge in [-0.3, -0.25) is 9.78 Å². The van der Waals surface area contributed by atoms with E-state index in [-0.39, 0.29) is 5.91 Å². The van der Waals surface area contributed by atoms with Gasteiger partial charge in [0.25, 0.3) is 5.91 Å². The highest BCUT2D eigenvalue weighted by Gasteiger charge is 2.21. The van der Waals surface area contributed by atoms with Crippen molar-refractivity contribution in [3.8, 4) is 28.6 Å². The van der Waals surface area contributed by atoms with Gasteiger partial charge in [-0.25, -0.2) is 4.68 Å². The summed E-state index contributed by atoms with van der Waals surface area (Å²) in [5.74, 6) is 0.450. The van der Waals surface area contributed by atoms with Crippen molar-refractivity contribution in [2.24, 2.45) is 0 Å². The van der Waals surface area contributed by atoms with Crippen LogP contribution in [0.5, 0.6) is 5.75 Å². The molecule has 0 aliphatic rings.